The molecule has 2 unspecified atom stereocenters. The average molecular weight is 261 g/mol. The number of carbonyl (C=O) groups excluding carboxylic acids is 1. The van der Waals surface area contributed by atoms with Gasteiger partial charge in [0.1, 0.15) is 5.70 Å². The number of amides is 1. The number of fused-ring (bicyclic) bond motifs is 3. The number of carbonyl (C=O) groups is 1. The predicted molar refractivity (Wildman–Crippen MR) is 69.7 cm³/mol. The van der Waals surface area contributed by atoms with Crippen molar-refractivity contribution in [2.24, 2.45) is 5.92 Å². The molecule has 1 aliphatic heterocycles. The highest BCUT2D eigenvalue weighted by molar-refractivity contribution is 5.96. The van der Waals surface area contributed by atoms with Gasteiger partial charge in [-0.2, -0.15) is 0 Å². The van der Waals surface area contributed by atoms with Gasteiger partial charge in [-0.25, -0.2) is 5.43 Å². The van der Waals surface area contributed by atoms with Gasteiger partial charge in [0.25, 0.3) is 5.91 Å². The normalized spacial score (nSPS) is 33.6. The SMILES string of the molecule is O=C(NC1(CO)CCCC1)C1=C2C=C3CC3C2NN1. The van der Waals surface area contributed by atoms with Crippen molar-refractivity contribution in [3.05, 3.63) is 22.9 Å². The molecule has 4 rings (SSSR count). The lowest BCUT2D eigenvalue weighted by atomic mass is 9.98. The Morgan fingerprint density at radius 2 is 2.26 bits per heavy atom. The van der Waals surface area contributed by atoms with Gasteiger partial charge in [0.2, 0.25) is 0 Å². The van der Waals surface area contributed by atoms with Crippen molar-refractivity contribution in [1.29, 1.82) is 0 Å². The summed E-state index contributed by atoms with van der Waals surface area (Å²) in [6.45, 7) is 0.0297. The summed E-state index contributed by atoms with van der Waals surface area (Å²) in [6, 6.07) is 0.282. The Hall–Kier alpha value is -1.33. The maximum absolute atomic E-state index is 12.4. The molecule has 19 heavy (non-hydrogen) atoms. The molecule has 102 valence electrons. The van der Waals surface area contributed by atoms with Crippen LogP contribution in [0.2, 0.25) is 0 Å². The van der Waals surface area contributed by atoms with E-state index in [4.69, 9.17) is 0 Å². The smallest absolute Gasteiger partial charge is 0.269 e. The molecule has 0 radical (unpaired) electrons. The molecule has 0 saturated heterocycles. The van der Waals surface area contributed by atoms with Crippen LogP contribution in [0.25, 0.3) is 0 Å². The summed E-state index contributed by atoms with van der Waals surface area (Å²) in [7, 11) is 0. The molecule has 5 heteroatoms. The van der Waals surface area contributed by atoms with Crippen molar-refractivity contribution in [3.63, 3.8) is 0 Å². The predicted octanol–water partition coefficient (Wildman–Crippen LogP) is 0.0981. The van der Waals surface area contributed by atoms with Crippen LogP contribution in [0.4, 0.5) is 0 Å². The number of hydrogen-bond donors (Lipinski definition) is 4. The van der Waals surface area contributed by atoms with E-state index in [1.807, 2.05) is 0 Å². The molecular weight excluding hydrogens is 242 g/mol. The summed E-state index contributed by atoms with van der Waals surface area (Å²) in [5, 5.41) is 12.6. The van der Waals surface area contributed by atoms with Gasteiger partial charge in [0.15, 0.2) is 0 Å². The van der Waals surface area contributed by atoms with Crippen LogP contribution in [0.15, 0.2) is 22.9 Å². The molecule has 4 N–H and O–H groups in total. The average Bonchev–Trinajstić information content (AvgIpc) is 2.83. The highest BCUT2D eigenvalue weighted by Gasteiger charge is 2.48. The minimum Gasteiger partial charge on any atom is -0.394 e. The first kappa shape index (κ1) is 11.5. The minimum atomic E-state index is -0.404. The first-order valence-electron chi connectivity index (χ1n) is 7.12. The number of nitrogens with one attached hydrogen (secondary N) is 3. The standard InChI is InChI=1S/C14H19N3O2/c18-7-14(3-1-2-4-14)15-13(19)12-10-6-8-5-9(8)11(10)16-17-12/h6,9,11,16-18H,1-5,7H2,(H,15,19). The van der Waals surface area contributed by atoms with Crippen molar-refractivity contribution < 1.29 is 9.90 Å². The van der Waals surface area contributed by atoms with Crippen LogP contribution in [0.1, 0.15) is 32.1 Å². The van der Waals surface area contributed by atoms with Crippen molar-refractivity contribution in [3.8, 4) is 0 Å². The monoisotopic (exact) mass is 261 g/mol. The third kappa shape index (κ3) is 1.65. The topological polar surface area (TPSA) is 73.4 Å². The Kier molecular flexibility index (Phi) is 2.32. The van der Waals surface area contributed by atoms with Crippen LogP contribution < -0.4 is 16.2 Å². The molecule has 1 amide bonds. The highest BCUT2D eigenvalue weighted by Crippen LogP contribution is 2.50. The summed E-state index contributed by atoms with van der Waals surface area (Å²) in [6.07, 6.45) is 7.22. The molecule has 0 spiro atoms. The van der Waals surface area contributed by atoms with E-state index in [0.29, 0.717) is 11.6 Å². The quantitative estimate of drug-likeness (QED) is 0.581. The maximum atomic E-state index is 12.4. The van der Waals surface area contributed by atoms with Crippen molar-refractivity contribution in [1.82, 2.24) is 16.2 Å². The number of rotatable bonds is 3. The van der Waals surface area contributed by atoms with Gasteiger partial charge in [0.05, 0.1) is 18.2 Å². The summed E-state index contributed by atoms with van der Waals surface area (Å²) in [4.78, 5) is 12.4. The summed E-state index contributed by atoms with van der Waals surface area (Å²) in [5.41, 5.74) is 9.01. The lowest BCUT2D eigenvalue weighted by molar-refractivity contribution is -0.120. The summed E-state index contributed by atoms with van der Waals surface area (Å²) < 4.78 is 0. The van der Waals surface area contributed by atoms with E-state index in [0.717, 1.165) is 31.3 Å². The molecule has 0 aromatic heterocycles. The molecule has 0 aromatic rings. The molecule has 3 aliphatic carbocycles. The second-order valence-electron chi connectivity index (χ2n) is 6.21. The van der Waals surface area contributed by atoms with Crippen molar-refractivity contribution >= 4 is 5.91 Å². The number of aliphatic hydroxyl groups is 1. The third-order valence-electron chi connectivity index (χ3n) is 4.96. The number of hydrogen-bond acceptors (Lipinski definition) is 4. The van der Waals surface area contributed by atoms with Crippen LogP contribution in [0, 0.1) is 5.92 Å². The maximum Gasteiger partial charge on any atom is 0.269 e. The minimum absolute atomic E-state index is 0.0297. The zero-order valence-corrected chi connectivity index (χ0v) is 10.8. The Morgan fingerprint density at radius 3 is 3.00 bits per heavy atom. The van der Waals surface area contributed by atoms with E-state index in [1.54, 1.807) is 0 Å². The van der Waals surface area contributed by atoms with E-state index in [-0.39, 0.29) is 18.6 Å². The molecule has 2 saturated carbocycles. The van der Waals surface area contributed by atoms with Gasteiger partial charge < -0.3 is 15.8 Å². The zero-order chi connectivity index (χ0) is 13.0. The van der Waals surface area contributed by atoms with Crippen LogP contribution in [-0.4, -0.2) is 29.2 Å². The van der Waals surface area contributed by atoms with Crippen LogP contribution in [0.5, 0.6) is 0 Å². The Balaban J connectivity index is 1.55. The number of aliphatic hydroxyl groups excluding tert-OH is 1. The molecular formula is C14H19N3O2. The zero-order valence-electron chi connectivity index (χ0n) is 10.8. The van der Waals surface area contributed by atoms with Gasteiger partial charge in [-0.3, -0.25) is 4.79 Å². The fourth-order valence-electron chi connectivity index (χ4n) is 3.69. The molecule has 2 fully saturated rings. The first-order valence-corrected chi connectivity index (χ1v) is 7.12. The molecule has 1 heterocycles. The van der Waals surface area contributed by atoms with E-state index in [2.05, 4.69) is 22.2 Å². The van der Waals surface area contributed by atoms with Gasteiger partial charge in [-0.05, 0) is 19.3 Å². The van der Waals surface area contributed by atoms with Crippen LogP contribution >= 0.6 is 0 Å². The number of hydrazine groups is 1. The van der Waals surface area contributed by atoms with Gasteiger partial charge in [-0.1, -0.05) is 24.5 Å². The second-order valence-corrected chi connectivity index (χ2v) is 6.21. The fraction of sp³-hybridized carbons (Fsp3) is 0.643. The Morgan fingerprint density at radius 1 is 1.47 bits per heavy atom. The molecule has 2 atom stereocenters. The Bertz CT molecular complexity index is 503. The van der Waals surface area contributed by atoms with E-state index >= 15 is 0 Å². The van der Waals surface area contributed by atoms with Crippen molar-refractivity contribution in [2.75, 3.05) is 6.61 Å². The van der Waals surface area contributed by atoms with Gasteiger partial charge in [0, 0.05) is 11.5 Å². The lowest BCUT2D eigenvalue weighted by Crippen LogP contribution is -2.51. The third-order valence-corrected chi connectivity index (χ3v) is 4.96. The molecule has 0 aromatic carbocycles. The van der Waals surface area contributed by atoms with E-state index in [9.17, 15) is 9.90 Å². The second kappa shape index (κ2) is 3.84. The van der Waals surface area contributed by atoms with E-state index in [1.165, 1.54) is 12.0 Å². The molecule has 5 nitrogen and oxygen atoms in total. The summed E-state index contributed by atoms with van der Waals surface area (Å²) in [5.74, 6) is 0.519. The first-order chi connectivity index (χ1) is 9.22. The van der Waals surface area contributed by atoms with Crippen LogP contribution in [0.3, 0.4) is 0 Å². The molecule has 4 aliphatic rings. The van der Waals surface area contributed by atoms with Gasteiger partial charge >= 0.3 is 0 Å². The lowest BCUT2D eigenvalue weighted by Gasteiger charge is -2.28. The fourth-order valence-corrected chi connectivity index (χ4v) is 3.69. The largest absolute Gasteiger partial charge is 0.394 e. The summed E-state index contributed by atoms with van der Waals surface area (Å²) >= 11 is 0. The van der Waals surface area contributed by atoms with Gasteiger partial charge in [-0.15, -0.1) is 0 Å². The Labute approximate surface area is 112 Å². The van der Waals surface area contributed by atoms with E-state index < -0.39 is 5.54 Å². The van der Waals surface area contributed by atoms with Crippen LogP contribution in [-0.2, 0) is 4.79 Å². The highest BCUT2D eigenvalue weighted by atomic mass is 16.3. The van der Waals surface area contributed by atoms with Crippen molar-refractivity contribution in [2.45, 2.75) is 43.7 Å². The molecule has 0 bridgehead atoms.